The molecule has 1 aliphatic heterocycles. The molecule has 0 saturated carbocycles. The van der Waals surface area contributed by atoms with Gasteiger partial charge in [0.05, 0.1) is 5.69 Å². The van der Waals surface area contributed by atoms with Crippen molar-refractivity contribution in [1.29, 1.82) is 0 Å². The number of hydrogen-bond donors (Lipinski definition) is 2. The van der Waals surface area contributed by atoms with Crippen molar-refractivity contribution in [1.82, 2.24) is 19.8 Å². The SMILES string of the molecule is CN1CCN(CCCNc2ncc3c(n2)-c2ccccc2C(c2ccc(NS(=O)(=O)c4cccs4)cc2)C3)CC1. The Balaban J connectivity index is 1.14. The number of sulfonamides is 1. The quantitative estimate of drug-likeness (QED) is 0.279. The van der Waals surface area contributed by atoms with E-state index in [-0.39, 0.29) is 5.92 Å². The lowest BCUT2D eigenvalue weighted by molar-refractivity contribution is 0.154. The molecule has 0 bridgehead atoms. The van der Waals surface area contributed by atoms with E-state index in [1.165, 1.54) is 16.9 Å². The van der Waals surface area contributed by atoms with E-state index in [0.717, 1.165) is 74.5 Å². The first-order valence-corrected chi connectivity index (χ1v) is 16.1. The predicted molar refractivity (Wildman–Crippen MR) is 162 cm³/mol. The second-order valence-electron chi connectivity index (χ2n) is 10.5. The van der Waals surface area contributed by atoms with Crippen LogP contribution < -0.4 is 10.0 Å². The maximum atomic E-state index is 12.6. The zero-order chi connectivity index (χ0) is 27.5. The van der Waals surface area contributed by atoms with Crippen LogP contribution in [-0.4, -0.2) is 74.5 Å². The summed E-state index contributed by atoms with van der Waals surface area (Å²) in [6, 6.07) is 19.5. The van der Waals surface area contributed by atoms with Gasteiger partial charge in [-0.3, -0.25) is 4.72 Å². The van der Waals surface area contributed by atoms with Crippen LogP contribution in [0.5, 0.6) is 0 Å². The topological polar surface area (TPSA) is 90.5 Å². The molecule has 1 atom stereocenters. The highest BCUT2D eigenvalue weighted by Crippen LogP contribution is 2.42. The number of hydrogen-bond acceptors (Lipinski definition) is 8. The molecule has 0 spiro atoms. The molecule has 2 aliphatic rings. The van der Waals surface area contributed by atoms with Gasteiger partial charge in [0.15, 0.2) is 0 Å². The summed E-state index contributed by atoms with van der Waals surface area (Å²) < 4.78 is 28.2. The third-order valence-electron chi connectivity index (χ3n) is 7.74. The molecular formula is C30H34N6O2S2. The largest absolute Gasteiger partial charge is 0.354 e. The van der Waals surface area contributed by atoms with Crippen molar-refractivity contribution in [3.8, 4) is 11.3 Å². The van der Waals surface area contributed by atoms with Crippen molar-refractivity contribution in [2.75, 3.05) is 56.4 Å². The third kappa shape index (κ3) is 5.90. The molecule has 0 radical (unpaired) electrons. The Labute approximate surface area is 240 Å². The summed E-state index contributed by atoms with van der Waals surface area (Å²) in [5.74, 6) is 0.811. The van der Waals surface area contributed by atoms with Crippen LogP contribution in [0.15, 0.2) is 76.4 Å². The zero-order valence-corrected chi connectivity index (χ0v) is 24.2. The fourth-order valence-electron chi connectivity index (χ4n) is 5.50. The van der Waals surface area contributed by atoms with Gasteiger partial charge >= 0.3 is 0 Å². The molecule has 40 heavy (non-hydrogen) atoms. The number of anilines is 2. The third-order valence-corrected chi connectivity index (χ3v) is 10.5. The molecule has 1 aliphatic carbocycles. The Kier molecular flexibility index (Phi) is 7.84. The number of rotatable bonds is 9. The van der Waals surface area contributed by atoms with Crippen molar-refractivity contribution in [3.63, 3.8) is 0 Å². The molecule has 1 fully saturated rings. The first-order valence-electron chi connectivity index (χ1n) is 13.7. The van der Waals surface area contributed by atoms with E-state index in [1.807, 2.05) is 30.5 Å². The Morgan fingerprint density at radius 3 is 2.58 bits per heavy atom. The summed E-state index contributed by atoms with van der Waals surface area (Å²) in [6.45, 7) is 6.48. The van der Waals surface area contributed by atoms with Gasteiger partial charge in [0.1, 0.15) is 4.21 Å². The van der Waals surface area contributed by atoms with Gasteiger partial charge in [-0.15, -0.1) is 11.3 Å². The highest BCUT2D eigenvalue weighted by molar-refractivity contribution is 7.94. The van der Waals surface area contributed by atoms with Gasteiger partial charge < -0.3 is 15.1 Å². The summed E-state index contributed by atoms with van der Waals surface area (Å²) in [5, 5.41) is 5.20. The van der Waals surface area contributed by atoms with Crippen molar-refractivity contribution < 1.29 is 8.42 Å². The Bertz CT molecular complexity index is 1550. The molecule has 6 rings (SSSR count). The van der Waals surface area contributed by atoms with Gasteiger partial charge in [-0.25, -0.2) is 18.4 Å². The molecule has 2 aromatic carbocycles. The molecule has 208 valence electrons. The first kappa shape index (κ1) is 26.9. The van der Waals surface area contributed by atoms with Crippen LogP contribution in [-0.2, 0) is 16.4 Å². The minimum atomic E-state index is -3.58. The molecule has 8 nitrogen and oxygen atoms in total. The Morgan fingerprint density at radius 1 is 1.00 bits per heavy atom. The second-order valence-corrected chi connectivity index (χ2v) is 13.4. The number of aromatic nitrogens is 2. The van der Waals surface area contributed by atoms with Crippen molar-refractivity contribution in [3.05, 3.63) is 88.9 Å². The molecule has 10 heteroatoms. The highest BCUT2D eigenvalue weighted by atomic mass is 32.2. The van der Waals surface area contributed by atoms with Gasteiger partial charge in [0.2, 0.25) is 5.95 Å². The average Bonchev–Trinajstić information content (AvgIpc) is 3.53. The van der Waals surface area contributed by atoms with Gasteiger partial charge in [0.25, 0.3) is 10.0 Å². The Morgan fingerprint density at radius 2 is 1.80 bits per heavy atom. The number of likely N-dealkylation sites (N-methyl/N-ethyl adjacent to an activating group) is 1. The molecular weight excluding hydrogens is 541 g/mol. The molecule has 1 saturated heterocycles. The van der Waals surface area contributed by atoms with Crippen molar-refractivity contribution in [2.45, 2.75) is 23.0 Å². The lowest BCUT2D eigenvalue weighted by Gasteiger charge is -2.32. The summed E-state index contributed by atoms with van der Waals surface area (Å²) in [7, 11) is -1.39. The van der Waals surface area contributed by atoms with Crippen LogP contribution in [0.4, 0.5) is 11.6 Å². The van der Waals surface area contributed by atoms with E-state index in [4.69, 9.17) is 4.98 Å². The number of fused-ring (bicyclic) bond motifs is 3. The minimum absolute atomic E-state index is 0.137. The number of nitrogens with one attached hydrogen (secondary N) is 2. The fourth-order valence-corrected chi connectivity index (χ4v) is 7.55. The zero-order valence-electron chi connectivity index (χ0n) is 22.6. The second kappa shape index (κ2) is 11.7. The molecule has 0 amide bonds. The van der Waals surface area contributed by atoms with Crippen LogP contribution in [0.2, 0.25) is 0 Å². The normalized spacial score (nSPS) is 17.7. The summed E-state index contributed by atoms with van der Waals surface area (Å²) >= 11 is 1.20. The molecule has 1 unspecified atom stereocenters. The standard InChI is InChI=1S/C30H34N6O2S2/c1-35-15-17-36(18-16-35)14-5-13-31-30-32-21-23-20-27(25-6-2-3-7-26(25)29(23)33-30)22-9-11-24(12-10-22)34-40(37,38)28-8-4-19-39-28/h2-4,6-12,19,21,27,34H,5,13-18,20H2,1H3,(H,31,32,33). The van der Waals surface area contributed by atoms with Gasteiger partial charge in [0, 0.05) is 56.1 Å². The van der Waals surface area contributed by atoms with Gasteiger partial charge in [-0.1, -0.05) is 42.5 Å². The lowest BCUT2D eigenvalue weighted by atomic mass is 9.78. The summed E-state index contributed by atoms with van der Waals surface area (Å²) in [4.78, 5) is 14.5. The summed E-state index contributed by atoms with van der Waals surface area (Å²) in [6.07, 6.45) is 3.80. The average molecular weight is 575 g/mol. The molecule has 2 N–H and O–H groups in total. The van der Waals surface area contributed by atoms with Crippen LogP contribution in [0.25, 0.3) is 11.3 Å². The smallest absolute Gasteiger partial charge is 0.271 e. The maximum absolute atomic E-state index is 12.6. The van der Waals surface area contributed by atoms with E-state index >= 15 is 0 Å². The fraction of sp³-hybridized carbons (Fsp3) is 0.333. The first-order chi connectivity index (χ1) is 19.5. The Hall–Kier alpha value is -3.31. The maximum Gasteiger partial charge on any atom is 0.271 e. The number of piperazine rings is 1. The van der Waals surface area contributed by atoms with E-state index in [1.54, 1.807) is 17.5 Å². The van der Waals surface area contributed by atoms with E-state index < -0.39 is 10.0 Å². The highest BCUT2D eigenvalue weighted by Gasteiger charge is 2.27. The predicted octanol–water partition coefficient (Wildman–Crippen LogP) is 4.74. The minimum Gasteiger partial charge on any atom is -0.354 e. The molecule has 3 heterocycles. The van der Waals surface area contributed by atoms with Crippen LogP contribution in [0.1, 0.15) is 29.0 Å². The number of thiophene rings is 1. The van der Waals surface area contributed by atoms with E-state index in [0.29, 0.717) is 15.8 Å². The summed E-state index contributed by atoms with van der Waals surface area (Å²) in [5.41, 5.74) is 6.13. The number of nitrogens with zero attached hydrogens (tertiary/aromatic N) is 4. The van der Waals surface area contributed by atoms with E-state index in [9.17, 15) is 8.42 Å². The lowest BCUT2D eigenvalue weighted by Crippen LogP contribution is -2.44. The van der Waals surface area contributed by atoms with Crippen LogP contribution >= 0.6 is 11.3 Å². The van der Waals surface area contributed by atoms with Crippen molar-refractivity contribution >= 4 is 33.0 Å². The van der Waals surface area contributed by atoms with E-state index in [2.05, 4.69) is 56.1 Å². The van der Waals surface area contributed by atoms with Crippen molar-refractivity contribution in [2.24, 2.45) is 0 Å². The van der Waals surface area contributed by atoms with Crippen LogP contribution in [0, 0.1) is 0 Å². The monoisotopic (exact) mass is 574 g/mol. The molecule has 2 aromatic heterocycles. The van der Waals surface area contributed by atoms with Gasteiger partial charge in [-0.2, -0.15) is 0 Å². The van der Waals surface area contributed by atoms with Crippen LogP contribution in [0.3, 0.4) is 0 Å². The number of benzene rings is 2. The van der Waals surface area contributed by atoms with Gasteiger partial charge in [-0.05, 0) is 66.7 Å². The molecule has 4 aromatic rings.